The number of rotatable bonds is 10. The van der Waals surface area contributed by atoms with E-state index in [-0.39, 0.29) is 39.7 Å². The summed E-state index contributed by atoms with van der Waals surface area (Å²) in [6.45, 7) is 11.3. The molecular formula is C40H38N8O3. The standard InChI is InChI=1S/C40H38N8O3/c1-25(2)34(22-40(3,4)5)26-11-15-30(16-12-26)51-31-17-13-29(14-18-31)45-38(50)33-21-27-9-6-7-10-32(27)35(36(33)49)46-47-37-28(23-41)24-44-48(37)39-42-19-8-20-43-39/h6-21,24-25,34,49H,22H2,1-5H3,(H,45,50). The Labute approximate surface area is 296 Å². The van der Waals surface area contributed by atoms with Crippen LogP contribution in [0.4, 0.5) is 17.2 Å². The quantitative estimate of drug-likeness (QED) is 0.137. The van der Waals surface area contributed by atoms with Gasteiger partial charge in [-0.2, -0.15) is 15.0 Å². The lowest BCUT2D eigenvalue weighted by Gasteiger charge is -2.29. The molecule has 0 bridgehead atoms. The molecule has 11 heteroatoms. The van der Waals surface area contributed by atoms with E-state index in [1.54, 1.807) is 54.6 Å². The van der Waals surface area contributed by atoms with Gasteiger partial charge in [0.15, 0.2) is 11.6 Å². The van der Waals surface area contributed by atoms with Gasteiger partial charge in [-0.1, -0.05) is 71.0 Å². The Balaban J connectivity index is 1.21. The number of nitrogens with zero attached hydrogens (tertiary/aromatic N) is 7. The predicted octanol–water partition coefficient (Wildman–Crippen LogP) is 10.0. The lowest BCUT2D eigenvalue weighted by atomic mass is 9.76. The number of ether oxygens (including phenoxy) is 1. The van der Waals surface area contributed by atoms with E-state index >= 15 is 0 Å². The van der Waals surface area contributed by atoms with E-state index in [2.05, 4.69) is 77.4 Å². The van der Waals surface area contributed by atoms with E-state index in [0.29, 0.717) is 34.0 Å². The first kappa shape index (κ1) is 34.5. The zero-order chi connectivity index (χ0) is 36.1. The molecule has 1 unspecified atom stereocenters. The van der Waals surface area contributed by atoms with Crippen LogP contribution in [-0.2, 0) is 0 Å². The molecule has 11 nitrogen and oxygen atoms in total. The van der Waals surface area contributed by atoms with E-state index in [1.165, 1.54) is 28.8 Å². The molecule has 6 rings (SSSR count). The molecule has 2 heterocycles. The van der Waals surface area contributed by atoms with Gasteiger partial charge in [0.25, 0.3) is 11.9 Å². The molecule has 0 aliphatic rings. The molecule has 0 spiro atoms. The number of aromatic hydroxyl groups is 1. The number of phenols is 1. The minimum absolute atomic E-state index is 0.00497. The van der Waals surface area contributed by atoms with Gasteiger partial charge in [0.05, 0.1) is 11.8 Å². The third-order valence-electron chi connectivity index (χ3n) is 8.38. The average Bonchev–Trinajstić information content (AvgIpc) is 3.54. The summed E-state index contributed by atoms with van der Waals surface area (Å²) in [5, 5.41) is 37.9. The molecule has 0 saturated carbocycles. The predicted molar refractivity (Wildman–Crippen MR) is 196 cm³/mol. The van der Waals surface area contributed by atoms with Crippen molar-refractivity contribution < 1.29 is 14.6 Å². The number of nitriles is 1. The van der Waals surface area contributed by atoms with E-state index in [0.717, 1.165) is 12.2 Å². The summed E-state index contributed by atoms with van der Waals surface area (Å²) in [4.78, 5) is 21.9. The fourth-order valence-electron chi connectivity index (χ4n) is 5.88. The lowest BCUT2D eigenvalue weighted by Crippen LogP contribution is -2.16. The number of hydrogen-bond acceptors (Lipinski definition) is 9. The molecule has 51 heavy (non-hydrogen) atoms. The Morgan fingerprint density at radius 2 is 1.63 bits per heavy atom. The fourth-order valence-corrected chi connectivity index (χ4v) is 5.88. The van der Waals surface area contributed by atoms with Crippen molar-refractivity contribution >= 4 is 33.9 Å². The molecule has 6 aromatic rings. The van der Waals surface area contributed by atoms with Crippen LogP contribution in [0.3, 0.4) is 0 Å². The normalized spacial score (nSPS) is 12.3. The Kier molecular flexibility index (Phi) is 9.86. The summed E-state index contributed by atoms with van der Waals surface area (Å²) in [7, 11) is 0. The fraction of sp³-hybridized carbons (Fsp3) is 0.225. The van der Waals surface area contributed by atoms with Crippen molar-refractivity contribution in [3.8, 4) is 29.3 Å². The second kappa shape index (κ2) is 14.6. The number of hydrogen-bond donors (Lipinski definition) is 2. The maximum Gasteiger partial charge on any atom is 0.259 e. The Bertz CT molecular complexity index is 2230. The van der Waals surface area contributed by atoms with Gasteiger partial charge in [0, 0.05) is 23.5 Å². The van der Waals surface area contributed by atoms with Crippen LogP contribution in [0, 0.1) is 22.7 Å². The van der Waals surface area contributed by atoms with Crippen molar-refractivity contribution in [2.24, 2.45) is 21.6 Å². The van der Waals surface area contributed by atoms with E-state index in [1.807, 2.05) is 24.3 Å². The molecule has 2 aromatic heterocycles. The number of carbonyl (C=O) groups excluding carboxylic acids is 1. The second-order valence-electron chi connectivity index (χ2n) is 13.8. The van der Waals surface area contributed by atoms with Crippen LogP contribution in [0.2, 0.25) is 0 Å². The number of azo groups is 1. The number of aromatic nitrogens is 4. The van der Waals surface area contributed by atoms with Crippen molar-refractivity contribution in [2.45, 2.75) is 47.0 Å². The number of anilines is 1. The highest BCUT2D eigenvalue weighted by molar-refractivity contribution is 6.11. The highest BCUT2D eigenvalue weighted by atomic mass is 16.5. The first-order valence-corrected chi connectivity index (χ1v) is 16.6. The third kappa shape index (κ3) is 7.92. The molecular weight excluding hydrogens is 640 g/mol. The summed E-state index contributed by atoms with van der Waals surface area (Å²) >= 11 is 0. The van der Waals surface area contributed by atoms with Gasteiger partial charge < -0.3 is 15.2 Å². The molecule has 0 fully saturated rings. The van der Waals surface area contributed by atoms with Crippen molar-refractivity contribution in [1.29, 1.82) is 5.26 Å². The molecule has 0 aliphatic carbocycles. The van der Waals surface area contributed by atoms with Gasteiger partial charge in [0.1, 0.15) is 28.8 Å². The Hall–Kier alpha value is -6.41. The molecule has 1 atom stereocenters. The van der Waals surface area contributed by atoms with Gasteiger partial charge in [-0.25, -0.2) is 9.97 Å². The maximum atomic E-state index is 13.6. The molecule has 2 N–H and O–H groups in total. The highest BCUT2D eigenvalue weighted by Gasteiger charge is 2.23. The van der Waals surface area contributed by atoms with Crippen LogP contribution >= 0.6 is 0 Å². The number of benzene rings is 4. The summed E-state index contributed by atoms with van der Waals surface area (Å²) in [6.07, 6.45) is 5.50. The van der Waals surface area contributed by atoms with Crippen LogP contribution in [0.15, 0.2) is 114 Å². The molecule has 0 radical (unpaired) electrons. The topological polar surface area (TPSA) is 151 Å². The number of fused-ring (bicyclic) bond motifs is 1. The summed E-state index contributed by atoms with van der Waals surface area (Å²) in [5.41, 5.74) is 2.21. The molecule has 1 amide bonds. The monoisotopic (exact) mass is 678 g/mol. The number of carbonyl (C=O) groups is 1. The van der Waals surface area contributed by atoms with Crippen molar-refractivity contribution in [1.82, 2.24) is 19.7 Å². The molecule has 0 aliphatic heterocycles. The van der Waals surface area contributed by atoms with Crippen LogP contribution in [0.1, 0.15) is 68.4 Å². The van der Waals surface area contributed by atoms with Gasteiger partial charge >= 0.3 is 0 Å². The van der Waals surface area contributed by atoms with Crippen molar-refractivity contribution in [3.63, 3.8) is 0 Å². The number of amides is 1. The smallest absolute Gasteiger partial charge is 0.259 e. The van der Waals surface area contributed by atoms with Crippen LogP contribution < -0.4 is 10.1 Å². The first-order chi connectivity index (χ1) is 24.5. The second-order valence-corrected chi connectivity index (χ2v) is 13.8. The lowest BCUT2D eigenvalue weighted by molar-refractivity contribution is 0.102. The number of nitrogens with one attached hydrogen (secondary N) is 1. The molecule has 4 aromatic carbocycles. The van der Waals surface area contributed by atoms with Crippen LogP contribution in [-0.4, -0.2) is 30.8 Å². The van der Waals surface area contributed by atoms with E-state index < -0.39 is 5.91 Å². The summed E-state index contributed by atoms with van der Waals surface area (Å²) in [6, 6.07) is 27.7. The highest BCUT2D eigenvalue weighted by Crippen LogP contribution is 2.40. The largest absolute Gasteiger partial charge is 0.505 e. The van der Waals surface area contributed by atoms with Crippen LogP contribution in [0.25, 0.3) is 16.7 Å². The van der Waals surface area contributed by atoms with E-state index in [9.17, 15) is 15.2 Å². The van der Waals surface area contributed by atoms with Crippen LogP contribution in [0.5, 0.6) is 17.2 Å². The zero-order valence-corrected chi connectivity index (χ0v) is 29.1. The SMILES string of the molecule is CC(C)C(CC(C)(C)C)c1ccc(Oc2ccc(NC(=O)c3cc4ccccc4c(N=Nc4c(C#N)cnn4-c4ncccn4)c3O)cc2)cc1. The van der Waals surface area contributed by atoms with Gasteiger partial charge in [-0.05, 0) is 83.2 Å². The molecule has 0 saturated heterocycles. The maximum absolute atomic E-state index is 13.6. The van der Waals surface area contributed by atoms with Gasteiger partial charge in [-0.15, -0.1) is 10.2 Å². The number of phenolic OH excluding ortho intramolecular Hbond substituents is 1. The minimum atomic E-state index is -0.547. The summed E-state index contributed by atoms with van der Waals surface area (Å²) in [5.74, 6) is 1.66. The zero-order valence-electron chi connectivity index (χ0n) is 29.1. The van der Waals surface area contributed by atoms with Crippen molar-refractivity contribution in [2.75, 3.05) is 5.32 Å². The minimum Gasteiger partial charge on any atom is -0.505 e. The van der Waals surface area contributed by atoms with Gasteiger partial charge in [0.2, 0.25) is 0 Å². The van der Waals surface area contributed by atoms with Gasteiger partial charge in [-0.3, -0.25) is 4.79 Å². The Morgan fingerprint density at radius 3 is 2.27 bits per heavy atom. The first-order valence-electron chi connectivity index (χ1n) is 16.6. The Morgan fingerprint density at radius 1 is 0.961 bits per heavy atom. The molecule has 256 valence electrons. The average molecular weight is 679 g/mol. The third-order valence-corrected chi connectivity index (χ3v) is 8.38. The summed E-state index contributed by atoms with van der Waals surface area (Å²) < 4.78 is 7.38. The van der Waals surface area contributed by atoms with Crippen molar-refractivity contribution in [3.05, 3.63) is 120 Å². The van der Waals surface area contributed by atoms with E-state index in [4.69, 9.17) is 4.74 Å².